The van der Waals surface area contributed by atoms with Crippen LogP contribution in [0.1, 0.15) is 41.8 Å². The standard InChI is InChI=1S/C21H23FN4O3/c1-10-4-17(11(2)27)23-9-15(10)13-5-12-8-24-19(7-18(12)26(3)21(13)29)25-20(28)14-6-16(14)22/h4-5,7-9,11,14,16,21,27,29H,6H2,1-3H3,(H,24,25,28)/t11-,14-,16+,21?/m1/s1. The van der Waals surface area contributed by atoms with E-state index in [9.17, 15) is 19.4 Å². The Bertz CT molecular complexity index is 1010. The van der Waals surface area contributed by atoms with Crippen LogP contribution in [-0.2, 0) is 4.79 Å². The van der Waals surface area contributed by atoms with E-state index in [1.165, 1.54) is 0 Å². The maximum atomic E-state index is 13.1. The highest BCUT2D eigenvalue weighted by atomic mass is 19.1. The van der Waals surface area contributed by atoms with Gasteiger partial charge in [-0.3, -0.25) is 9.78 Å². The van der Waals surface area contributed by atoms with E-state index in [1.807, 2.05) is 13.0 Å². The number of hydrogen-bond donors (Lipinski definition) is 3. The summed E-state index contributed by atoms with van der Waals surface area (Å²) in [5.41, 5.74) is 4.38. The van der Waals surface area contributed by atoms with Crippen molar-refractivity contribution < 1.29 is 19.4 Å². The van der Waals surface area contributed by atoms with Gasteiger partial charge in [0.15, 0.2) is 6.23 Å². The largest absolute Gasteiger partial charge is 0.387 e. The molecule has 2 aromatic heterocycles. The second-order valence-corrected chi connectivity index (χ2v) is 7.66. The lowest BCUT2D eigenvalue weighted by Gasteiger charge is -2.33. The first-order valence-corrected chi connectivity index (χ1v) is 9.48. The molecule has 4 rings (SSSR count). The van der Waals surface area contributed by atoms with E-state index in [-0.39, 0.29) is 12.3 Å². The second kappa shape index (κ2) is 7.20. The number of fused-ring (bicyclic) bond motifs is 1. The molecule has 1 fully saturated rings. The van der Waals surface area contributed by atoms with E-state index < -0.39 is 24.4 Å². The van der Waals surface area contributed by atoms with Gasteiger partial charge < -0.3 is 20.4 Å². The lowest BCUT2D eigenvalue weighted by molar-refractivity contribution is -0.117. The number of hydrogen-bond acceptors (Lipinski definition) is 6. The highest BCUT2D eigenvalue weighted by molar-refractivity contribution is 5.96. The Morgan fingerprint density at radius 1 is 1.34 bits per heavy atom. The average molecular weight is 398 g/mol. The van der Waals surface area contributed by atoms with Crippen LogP contribution in [0, 0.1) is 12.8 Å². The van der Waals surface area contributed by atoms with Crippen LogP contribution in [-0.4, -0.2) is 45.5 Å². The van der Waals surface area contributed by atoms with Crippen molar-refractivity contribution in [2.75, 3.05) is 17.3 Å². The number of aryl methyl sites for hydroxylation is 1. The molecule has 3 N–H and O–H groups in total. The van der Waals surface area contributed by atoms with E-state index in [4.69, 9.17) is 0 Å². The summed E-state index contributed by atoms with van der Waals surface area (Å²) in [5.74, 6) is -0.647. The lowest BCUT2D eigenvalue weighted by Crippen LogP contribution is -2.35. The number of anilines is 2. The van der Waals surface area contributed by atoms with Gasteiger partial charge in [-0.1, -0.05) is 0 Å². The van der Waals surface area contributed by atoms with Gasteiger partial charge in [0.2, 0.25) is 5.91 Å². The third-order valence-electron chi connectivity index (χ3n) is 5.42. The first-order valence-electron chi connectivity index (χ1n) is 9.48. The number of aliphatic hydroxyl groups excluding tert-OH is 2. The molecule has 0 radical (unpaired) electrons. The number of halogens is 1. The Balaban J connectivity index is 1.65. The lowest BCUT2D eigenvalue weighted by atomic mass is 9.94. The van der Waals surface area contributed by atoms with E-state index in [0.29, 0.717) is 22.8 Å². The zero-order chi connectivity index (χ0) is 20.9. The van der Waals surface area contributed by atoms with Crippen LogP contribution in [0.2, 0.25) is 0 Å². The fourth-order valence-corrected chi connectivity index (χ4v) is 3.50. The molecule has 0 aromatic carbocycles. The first kappa shape index (κ1) is 19.5. The van der Waals surface area contributed by atoms with E-state index in [2.05, 4.69) is 15.3 Å². The number of carbonyl (C=O) groups is 1. The van der Waals surface area contributed by atoms with Gasteiger partial charge in [0.1, 0.15) is 12.0 Å². The van der Waals surface area contributed by atoms with Crippen LogP contribution in [0.4, 0.5) is 15.9 Å². The molecule has 2 aliphatic rings. The number of amides is 1. The van der Waals surface area contributed by atoms with Crippen LogP contribution >= 0.6 is 0 Å². The molecule has 4 atom stereocenters. The Hall–Kier alpha value is -2.84. The molecule has 8 heteroatoms. The normalized spacial score (nSPS) is 23.9. The summed E-state index contributed by atoms with van der Waals surface area (Å²) in [6.07, 6.45) is 2.68. The number of alkyl halides is 1. The number of nitrogens with one attached hydrogen (secondary N) is 1. The number of rotatable bonds is 4. The predicted octanol–water partition coefficient (Wildman–Crippen LogP) is 2.44. The molecule has 2 aromatic rings. The summed E-state index contributed by atoms with van der Waals surface area (Å²) in [7, 11) is 1.74. The summed E-state index contributed by atoms with van der Waals surface area (Å²) in [6.45, 7) is 3.55. The van der Waals surface area contributed by atoms with Crippen molar-refractivity contribution in [3.05, 3.63) is 46.9 Å². The summed E-state index contributed by atoms with van der Waals surface area (Å²) in [6, 6.07) is 3.47. The molecule has 1 amide bonds. The summed E-state index contributed by atoms with van der Waals surface area (Å²) < 4.78 is 13.1. The Morgan fingerprint density at radius 2 is 2.07 bits per heavy atom. The molecule has 0 bridgehead atoms. The molecule has 0 saturated heterocycles. The number of nitrogens with zero attached hydrogens (tertiary/aromatic N) is 3. The molecular formula is C21H23FN4O3. The molecule has 0 spiro atoms. The average Bonchev–Trinajstić information content (AvgIpc) is 3.42. The van der Waals surface area contributed by atoms with Gasteiger partial charge in [0, 0.05) is 42.2 Å². The molecule has 1 unspecified atom stereocenters. The summed E-state index contributed by atoms with van der Waals surface area (Å²) in [5, 5.41) is 23.2. The quantitative estimate of drug-likeness (QED) is 0.732. The molecule has 1 saturated carbocycles. The Morgan fingerprint density at radius 3 is 2.69 bits per heavy atom. The van der Waals surface area contributed by atoms with Gasteiger partial charge in [-0.2, -0.15) is 0 Å². The fraction of sp³-hybridized carbons (Fsp3) is 0.381. The smallest absolute Gasteiger partial charge is 0.231 e. The number of pyridine rings is 2. The number of aliphatic hydroxyl groups is 2. The van der Waals surface area contributed by atoms with Crippen molar-refractivity contribution in [2.24, 2.45) is 5.92 Å². The molecule has 29 heavy (non-hydrogen) atoms. The maximum Gasteiger partial charge on any atom is 0.231 e. The number of likely N-dealkylation sites (N-methyl/N-ethyl adjacent to an activating group) is 1. The van der Waals surface area contributed by atoms with Crippen molar-refractivity contribution >= 4 is 29.1 Å². The minimum atomic E-state index is -1.07. The first-order chi connectivity index (χ1) is 13.8. The van der Waals surface area contributed by atoms with Crippen LogP contribution in [0.15, 0.2) is 24.5 Å². The van der Waals surface area contributed by atoms with Crippen molar-refractivity contribution in [2.45, 2.75) is 38.8 Å². The second-order valence-electron chi connectivity index (χ2n) is 7.66. The predicted molar refractivity (Wildman–Crippen MR) is 108 cm³/mol. The molecule has 152 valence electrons. The molecular weight excluding hydrogens is 375 g/mol. The van der Waals surface area contributed by atoms with Gasteiger partial charge in [-0.05, 0) is 38.0 Å². The third kappa shape index (κ3) is 3.61. The number of aromatic nitrogens is 2. The molecule has 7 nitrogen and oxygen atoms in total. The minimum Gasteiger partial charge on any atom is -0.387 e. The summed E-state index contributed by atoms with van der Waals surface area (Å²) >= 11 is 0. The third-order valence-corrected chi connectivity index (χ3v) is 5.42. The molecule has 1 aliphatic carbocycles. The highest BCUT2D eigenvalue weighted by Gasteiger charge is 2.43. The summed E-state index contributed by atoms with van der Waals surface area (Å²) in [4.78, 5) is 22.2. The number of carbonyl (C=O) groups excluding carboxylic acids is 1. The Labute approximate surface area is 167 Å². The molecule has 3 heterocycles. The van der Waals surface area contributed by atoms with E-state index in [0.717, 1.165) is 16.7 Å². The van der Waals surface area contributed by atoms with Gasteiger partial charge in [0.25, 0.3) is 0 Å². The van der Waals surface area contributed by atoms with Gasteiger partial charge in [-0.25, -0.2) is 9.37 Å². The van der Waals surface area contributed by atoms with Crippen LogP contribution in [0.25, 0.3) is 11.6 Å². The van der Waals surface area contributed by atoms with Crippen molar-refractivity contribution in [1.29, 1.82) is 0 Å². The fourth-order valence-electron chi connectivity index (χ4n) is 3.50. The highest BCUT2D eigenvalue weighted by Crippen LogP contribution is 2.38. The zero-order valence-corrected chi connectivity index (χ0v) is 16.4. The van der Waals surface area contributed by atoms with Crippen LogP contribution in [0.5, 0.6) is 0 Å². The Kier molecular flexibility index (Phi) is 4.84. The topological polar surface area (TPSA) is 98.6 Å². The van der Waals surface area contributed by atoms with Gasteiger partial charge in [0.05, 0.1) is 23.4 Å². The maximum absolute atomic E-state index is 13.1. The van der Waals surface area contributed by atoms with Crippen molar-refractivity contribution in [3.63, 3.8) is 0 Å². The SMILES string of the molecule is Cc1cc([C@@H](C)O)ncc1C1=Cc2cnc(NC(=O)[C@@H]3C[C@@H]3F)cc2N(C)C1O. The van der Waals surface area contributed by atoms with Crippen molar-refractivity contribution in [1.82, 2.24) is 9.97 Å². The van der Waals surface area contributed by atoms with E-state index >= 15 is 0 Å². The van der Waals surface area contributed by atoms with Gasteiger partial charge in [-0.15, -0.1) is 0 Å². The zero-order valence-electron chi connectivity index (χ0n) is 16.4. The van der Waals surface area contributed by atoms with Crippen LogP contribution < -0.4 is 10.2 Å². The van der Waals surface area contributed by atoms with Gasteiger partial charge >= 0.3 is 0 Å². The van der Waals surface area contributed by atoms with Crippen LogP contribution in [0.3, 0.4) is 0 Å². The van der Waals surface area contributed by atoms with Crippen molar-refractivity contribution in [3.8, 4) is 0 Å². The van der Waals surface area contributed by atoms with E-state index in [1.54, 1.807) is 43.4 Å². The minimum absolute atomic E-state index is 0.253. The monoisotopic (exact) mass is 398 g/mol. The molecule has 1 aliphatic heterocycles.